The molecule has 1 fully saturated rings. The van der Waals surface area contributed by atoms with Gasteiger partial charge in [0, 0.05) is 12.5 Å². The summed E-state index contributed by atoms with van der Waals surface area (Å²) in [5.74, 6) is 1.09. The van der Waals surface area contributed by atoms with Crippen LogP contribution in [-0.2, 0) is 0 Å². The number of aliphatic hydroxyl groups is 1. The Morgan fingerprint density at radius 1 is 1.46 bits per heavy atom. The van der Waals surface area contributed by atoms with Crippen LogP contribution in [0.15, 0.2) is 24.3 Å². The molecule has 0 amide bonds. The average molecular weight is 176 g/mol. The molecular formula is C12H16O. The Kier molecular flexibility index (Phi) is 2.36. The molecule has 1 atom stereocenters. The number of aliphatic hydroxyl groups excluding tert-OH is 1. The van der Waals surface area contributed by atoms with Crippen LogP contribution in [0.4, 0.5) is 0 Å². The molecule has 0 saturated heterocycles. The van der Waals surface area contributed by atoms with Crippen LogP contribution in [-0.4, -0.2) is 11.7 Å². The van der Waals surface area contributed by atoms with Crippen LogP contribution in [0, 0.1) is 0 Å². The lowest BCUT2D eigenvalue weighted by Gasteiger charge is -2.09. The van der Waals surface area contributed by atoms with E-state index < -0.39 is 0 Å². The normalized spacial score (nSPS) is 18.6. The monoisotopic (exact) mass is 176 g/mol. The van der Waals surface area contributed by atoms with Crippen LogP contribution in [0.25, 0.3) is 0 Å². The van der Waals surface area contributed by atoms with E-state index in [1.165, 1.54) is 24.0 Å². The zero-order valence-corrected chi connectivity index (χ0v) is 8.03. The van der Waals surface area contributed by atoms with Crippen LogP contribution in [0.3, 0.4) is 0 Å². The smallest absolute Gasteiger partial charge is 0.0497 e. The summed E-state index contributed by atoms with van der Waals surface area (Å²) >= 11 is 0. The highest BCUT2D eigenvalue weighted by Gasteiger charge is 2.23. The van der Waals surface area contributed by atoms with Gasteiger partial charge in [0.05, 0.1) is 0 Å². The zero-order chi connectivity index (χ0) is 9.26. The topological polar surface area (TPSA) is 20.2 Å². The van der Waals surface area contributed by atoms with Crippen molar-refractivity contribution in [2.75, 3.05) is 6.61 Å². The Morgan fingerprint density at radius 2 is 2.23 bits per heavy atom. The van der Waals surface area contributed by atoms with Crippen LogP contribution in [0.5, 0.6) is 0 Å². The Morgan fingerprint density at radius 3 is 2.85 bits per heavy atom. The highest BCUT2D eigenvalue weighted by molar-refractivity contribution is 5.30. The van der Waals surface area contributed by atoms with E-state index in [1.807, 2.05) is 0 Å². The average Bonchev–Trinajstić information content (AvgIpc) is 3.00. The lowest BCUT2D eigenvalue weighted by Crippen LogP contribution is -1.99. The molecule has 0 heterocycles. The molecule has 1 saturated carbocycles. The molecule has 1 aliphatic rings. The van der Waals surface area contributed by atoms with E-state index in [0.29, 0.717) is 0 Å². The van der Waals surface area contributed by atoms with Crippen molar-refractivity contribution < 1.29 is 5.11 Å². The molecule has 0 radical (unpaired) electrons. The van der Waals surface area contributed by atoms with E-state index in [2.05, 4.69) is 31.2 Å². The Balaban J connectivity index is 2.21. The lowest BCUT2D eigenvalue weighted by atomic mass is 9.98. The van der Waals surface area contributed by atoms with Gasteiger partial charge in [-0.2, -0.15) is 0 Å². The molecule has 0 unspecified atom stereocenters. The van der Waals surface area contributed by atoms with Gasteiger partial charge in [-0.3, -0.25) is 0 Å². The van der Waals surface area contributed by atoms with Gasteiger partial charge in [-0.25, -0.2) is 0 Å². The highest BCUT2D eigenvalue weighted by atomic mass is 16.3. The fraction of sp³-hybridized carbons (Fsp3) is 0.500. The SMILES string of the molecule is C[C@@H](CO)c1cccc(C2CC2)c1. The van der Waals surface area contributed by atoms with E-state index in [-0.39, 0.29) is 12.5 Å². The summed E-state index contributed by atoms with van der Waals surface area (Å²) in [7, 11) is 0. The maximum absolute atomic E-state index is 9.03. The quantitative estimate of drug-likeness (QED) is 0.750. The summed E-state index contributed by atoms with van der Waals surface area (Å²) in [5.41, 5.74) is 2.73. The minimum absolute atomic E-state index is 0.244. The molecule has 0 aliphatic heterocycles. The zero-order valence-electron chi connectivity index (χ0n) is 8.03. The molecule has 13 heavy (non-hydrogen) atoms. The Hall–Kier alpha value is -0.820. The van der Waals surface area contributed by atoms with Crippen LogP contribution in [0.1, 0.15) is 42.7 Å². The van der Waals surface area contributed by atoms with E-state index in [4.69, 9.17) is 5.11 Å². The van der Waals surface area contributed by atoms with Crippen LogP contribution in [0.2, 0.25) is 0 Å². The van der Waals surface area contributed by atoms with Gasteiger partial charge in [0.1, 0.15) is 0 Å². The Labute approximate surface area is 79.4 Å². The van der Waals surface area contributed by atoms with Crippen molar-refractivity contribution in [2.24, 2.45) is 0 Å². The van der Waals surface area contributed by atoms with Gasteiger partial charge in [-0.1, -0.05) is 31.2 Å². The molecular weight excluding hydrogens is 160 g/mol. The summed E-state index contributed by atoms with van der Waals surface area (Å²) in [6.07, 6.45) is 2.69. The maximum Gasteiger partial charge on any atom is 0.0497 e. The second-order valence-corrected chi connectivity index (χ2v) is 4.03. The number of benzene rings is 1. The van der Waals surface area contributed by atoms with Crippen molar-refractivity contribution in [2.45, 2.75) is 31.6 Å². The van der Waals surface area contributed by atoms with Gasteiger partial charge in [0.2, 0.25) is 0 Å². The summed E-state index contributed by atoms with van der Waals surface area (Å²) in [6, 6.07) is 8.66. The summed E-state index contributed by atoms with van der Waals surface area (Å²) in [5, 5.41) is 9.03. The minimum Gasteiger partial charge on any atom is -0.396 e. The first-order valence-electron chi connectivity index (χ1n) is 5.02. The van der Waals surface area contributed by atoms with Gasteiger partial charge in [-0.05, 0) is 29.9 Å². The van der Waals surface area contributed by atoms with Crippen LogP contribution < -0.4 is 0 Å². The standard InChI is InChI=1S/C12H16O/c1-9(8-13)11-3-2-4-12(7-11)10-5-6-10/h2-4,7,9-10,13H,5-6,8H2,1H3/t9-/m0/s1. The van der Waals surface area contributed by atoms with Crippen molar-refractivity contribution in [3.05, 3.63) is 35.4 Å². The molecule has 0 bridgehead atoms. The summed E-state index contributed by atoms with van der Waals surface area (Å²) in [6.45, 7) is 2.31. The fourth-order valence-corrected chi connectivity index (χ4v) is 1.64. The van der Waals surface area contributed by atoms with Gasteiger partial charge >= 0.3 is 0 Å². The lowest BCUT2D eigenvalue weighted by molar-refractivity contribution is 0.273. The first-order valence-corrected chi connectivity index (χ1v) is 5.02. The van der Waals surface area contributed by atoms with Crippen molar-refractivity contribution in [3.63, 3.8) is 0 Å². The minimum atomic E-state index is 0.244. The summed E-state index contributed by atoms with van der Waals surface area (Å²) < 4.78 is 0. The molecule has 1 heteroatoms. The predicted molar refractivity (Wildman–Crippen MR) is 53.9 cm³/mol. The number of hydrogen-bond donors (Lipinski definition) is 1. The molecule has 1 aromatic rings. The van der Waals surface area contributed by atoms with Crippen molar-refractivity contribution >= 4 is 0 Å². The molecule has 1 nitrogen and oxygen atoms in total. The van der Waals surface area contributed by atoms with Gasteiger partial charge in [0.25, 0.3) is 0 Å². The van der Waals surface area contributed by atoms with E-state index in [9.17, 15) is 0 Å². The first-order chi connectivity index (χ1) is 6.31. The van der Waals surface area contributed by atoms with E-state index in [1.54, 1.807) is 0 Å². The second-order valence-electron chi connectivity index (χ2n) is 4.03. The fourth-order valence-electron chi connectivity index (χ4n) is 1.64. The van der Waals surface area contributed by atoms with E-state index >= 15 is 0 Å². The summed E-state index contributed by atoms with van der Waals surface area (Å²) in [4.78, 5) is 0. The maximum atomic E-state index is 9.03. The van der Waals surface area contributed by atoms with Crippen LogP contribution >= 0.6 is 0 Å². The molecule has 0 aromatic heterocycles. The molecule has 2 rings (SSSR count). The highest BCUT2D eigenvalue weighted by Crippen LogP contribution is 2.40. The Bertz CT molecular complexity index is 289. The van der Waals surface area contributed by atoms with Gasteiger partial charge < -0.3 is 5.11 Å². The molecule has 70 valence electrons. The first kappa shape index (κ1) is 8.76. The third-order valence-electron chi connectivity index (χ3n) is 2.80. The van der Waals surface area contributed by atoms with E-state index in [0.717, 1.165) is 5.92 Å². The van der Waals surface area contributed by atoms with Gasteiger partial charge in [0.15, 0.2) is 0 Å². The number of rotatable bonds is 3. The van der Waals surface area contributed by atoms with Crippen molar-refractivity contribution in [1.82, 2.24) is 0 Å². The van der Waals surface area contributed by atoms with Gasteiger partial charge in [-0.15, -0.1) is 0 Å². The number of hydrogen-bond acceptors (Lipinski definition) is 1. The molecule has 1 aliphatic carbocycles. The second kappa shape index (κ2) is 3.51. The molecule has 0 spiro atoms. The third kappa shape index (κ3) is 1.92. The van der Waals surface area contributed by atoms with Crippen molar-refractivity contribution in [1.29, 1.82) is 0 Å². The predicted octanol–water partition coefficient (Wildman–Crippen LogP) is 2.66. The van der Waals surface area contributed by atoms with Crippen molar-refractivity contribution in [3.8, 4) is 0 Å². The molecule has 1 aromatic carbocycles. The third-order valence-corrected chi connectivity index (χ3v) is 2.80. The molecule has 1 N–H and O–H groups in total. The largest absolute Gasteiger partial charge is 0.396 e.